The third kappa shape index (κ3) is 4.67. The summed E-state index contributed by atoms with van der Waals surface area (Å²) in [4.78, 5) is 16.2. The van der Waals surface area contributed by atoms with Crippen LogP contribution in [0.4, 0.5) is 0 Å². The highest BCUT2D eigenvalue weighted by Crippen LogP contribution is 2.22. The first-order chi connectivity index (χ1) is 9.84. The topological polar surface area (TPSA) is 42.0 Å². The number of hydrogen-bond donors (Lipinski definition) is 1. The first kappa shape index (κ1) is 15.7. The highest BCUT2D eigenvalue weighted by atomic mass is 32.1. The van der Waals surface area contributed by atoms with Crippen molar-refractivity contribution in [2.45, 2.75) is 46.1 Å². The Morgan fingerprint density at radius 3 is 2.43 bits per heavy atom. The average molecular weight is 302 g/mol. The van der Waals surface area contributed by atoms with Crippen molar-refractivity contribution in [3.05, 3.63) is 51.5 Å². The van der Waals surface area contributed by atoms with Crippen LogP contribution < -0.4 is 5.32 Å². The molecule has 0 saturated heterocycles. The van der Waals surface area contributed by atoms with Gasteiger partial charge >= 0.3 is 0 Å². The second-order valence-electron chi connectivity index (χ2n) is 6.28. The molecule has 1 aromatic carbocycles. The molecule has 0 spiro atoms. The van der Waals surface area contributed by atoms with Crippen LogP contribution in [0.5, 0.6) is 0 Å². The van der Waals surface area contributed by atoms with E-state index in [4.69, 9.17) is 0 Å². The molecule has 3 nitrogen and oxygen atoms in total. The second kappa shape index (κ2) is 6.39. The Balaban J connectivity index is 1.86. The summed E-state index contributed by atoms with van der Waals surface area (Å²) in [5.41, 5.74) is 3.55. The van der Waals surface area contributed by atoms with E-state index >= 15 is 0 Å². The van der Waals surface area contributed by atoms with Crippen molar-refractivity contribution in [3.63, 3.8) is 0 Å². The number of hydrogen-bond acceptors (Lipinski definition) is 3. The minimum atomic E-state index is 0.0178. The molecule has 0 aliphatic heterocycles. The van der Waals surface area contributed by atoms with Gasteiger partial charge in [-0.1, -0.05) is 45.0 Å². The number of nitrogens with zero attached hydrogens (tertiary/aromatic N) is 1. The summed E-state index contributed by atoms with van der Waals surface area (Å²) in [5, 5.41) is 5.78. The Morgan fingerprint density at radius 2 is 1.90 bits per heavy atom. The Morgan fingerprint density at radius 1 is 1.24 bits per heavy atom. The molecule has 0 unspecified atom stereocenters. The van der Waals surface area contributed by atoms with Crippen molar-refractivity contribution >= 4 is 17.2 Å². The van der Waals surface area contributed by atoms with Crippen molar-refractivity contribution in [2.24, 2.45) is 0 Å². The minimum Gasteiger partial charge on any atom is -0.352 e. The van der Waals surface area contributed by atoms with E-state index in [0.29, 0.717) is 13.0 Å². The van der Waals surface area contributed by atoms with Gasteiger partial charge in [-0.05, 0) is 23.5 Å². The maximum atomic E-state index is 11.9. The summed E-state index contributed by atoms with van der Waals surface area (Å²) in [7, 11) is 0. The molecule has 1 heterocycles. The molecule has 4 heteroatoms. The molecular formula is C17H22N2OS. The quantitative estimate of drug-likeness (QED) is 0.937. The van der Waals surface area contributed by atoms with Gasteiger partial charge in [0.1, 0.15) is 5.01 Å². The molecule has 0 fully saturated rings. The summed E-state index contributed by atoms with van der Waals surface area (Å²) in [5.74, 6) is 0.0178. The van der Waals surface area contributed by atoms with Crippen LogP contribution in [0.2, 0.25) is 0 Å². The lowest BCUT2D eigenvalue weighted by atomic mass is 9.87. The van der Waals surface area contributed by atoms with E-state index in [1.54, 1.807) is 0 Å². The summed E-state index contributed by atoms with van der Waals surface area (Å²) in [6.07, 6.45) is 0.360. The van der Waals surface area contributed by atoms with E-state index < -0.39 is 0 Å². The SMILES string of the molecule is Cc1csc(CC(=O)NCc2ccc(C(C)(C)C)cc2)n1. The van der Waals surface area contributed by atoms with E-state index in [1.165, 1.54) is 16.9 Å². The van der Waals surface area contributed by atoms with Crippen molar-refractivity contribution in [2.75, 3.05) is 0 Å². The van der Waals surface area contributed by atoms with E-state index in [-0.39, 0.29) is 11.3 Å². The number of aromatic nitrogens is 1. The predicted octanol–water partition coefficient (Wildman–Crippen LogP) is 3.61. The molecule has 1 N–H and O–H groups in total. The van der Waals surface area contributed by atoms with Gasteiger partial charge in [-0.3, -0.25) is 4.79 Å². The fourth-order valence-electron chi connectivity index (χ4n) is 2.01. The molecule has 21 heavy (non-hydrogen) atoms. The van der Waals surface area contributed by atoms with Crippen LogP contribution in [0.15, 0.2) is 29.6 Å². The smallest absolute Gasteiger partial charge is 0.227 e. The van der Waals surface area contributed by atoms with E-state index in [2.05, 4.69) is 55.3 Å². The molecule has 0 radical (unpaired) electrons. The van der Waals surface area contributed by atoms with Gasteiger partial charge in [0, 0.05) is 17.6 Å². The number of amides is 1. The first-order valence-electron chi connectivity index (χ1n) is 7.12. The Labute approximate surface area is 130 Å². The Kier molecular flexibility index (Phi) is 4.78. The summed E-state index contributed by atoms with van der Waals surface area (Å²) < 4.78 is 0. The summed E-state index contributed by atoms with van der Waals surface area (Å²) >= 11 is 1.53. The van der Waals surface area contributed by atoms with Crippen LogP contribution in [-0.2, 0) is 23.2 Å². The van der Waals surface area contributed by atoms with Crippen molar-refractivity contribution in [1.82, 2.24) is 10.3 Å². The van der Waals surface area contributed by atoms with Crippen LogP contribution in [0.25, 0.3) is 0 Å². The Hall–Kier alpha value is -1.68. The molecule has 0 aliphatic rings. The molecule has 0 saturated carbocycles. The number of nitrogens with one attached hydrogen (secondary N) is 1. The van der Waals surface area contributed by atoms with E-state index in [9.17, 15) is 4.79 Å². The van der Waals surface area contributed by atoms with Gasteiger partial charge in [-0.15, -0.1) is 11.3 Å². The third-order valence-corrected chi connectivity index (χ3v) is 4.25. The minimum absolute atomic E-state index is 0.0178. The summed E-state index contributed by atoms with van der Waals surface area (Å²) in [6.45, 7) is 9.09. The molecule has 0 aliphatic carbocycles. The van der Waals surface area contributed by atoms with Crippen LogP contribution in [0, 0.1) is 6.92 Å². The predicted molar refractivity (Wildman–Crippen MR) is 87.5 cm³/mol. The van der Waals surface area contributed by atoms with Crippen molar-refractivity contribution in [1.29, 1.82) is 0 Å². The highest BCUT2D eigenvalue weighted by Gasteiger charge is 2.13. The molecule has 2 rings (SSSR count). The summed E-state index contributed by atoms with van der Waals surface area (Å²) in [6, 6.07) is 8.42. The van der Waals surface area contributed by atoms with Gasteiger partial charge < -0.3 is 5.32 Å². The molecule has 0 bridgehead atoms. The van der Waals surface area contributed by atoms with Crippen LogP contribution >= 0.6 is 11.3 Å². The molecule has 112 valence electrons. The number of aryl methyl sites for hydroxylation is 1. The lowest BCUT2D eigenvalue weighted by molar-refractivity contribution is -0.120. The lowest BCUT2D eigenvalue weighted by Gasteiger charge is -2.19. The second-order valence-corrected chi connectivity index (χ2v) is 7.23. The molecule has 2 aromatic rings. The van der Waals surface area contributed by atoms with Gasteiger partial charge in [-0.25, -0.2) is 4.98 Å². The first-order valence-corrected chi connectivity index (χ1v) is 8.00. The molecule has 1 aromatic heterocycles. The van der Waals surface area contributed by atoms with Crippen molar-refractivity contribution in [3.8, 4) is 0 Å². The third-order valence-electron chi connectivity index (χ3n) is 3.29. The van der Waals surface area contributed by atoms with Gasteiger partial charge in [0.2, 0.25) is 5.91 Å². The lowest BCUT2D eigenvalue weighted by Crippen LogP contribution is -2.24. The maximum absolute atomic E-state index is 11.9. The van der Waals surface area contributed by atoms with Crippen molar-refractivity contribution < 1.29 is 4.79 Å². The number of benzene rings is 1. The number of thiazole rings is 1. The Bertz CT molecular complexity index is 608. The van der Waals surface area contributed by atoms with Crippen LogP contribution in [0.3, 0.4) is 0 Å². The van der Waals surface area contributed by atoms with Gasteiger partial charge in [0.25, 0.3) is 0 Å². The monoisotopic (exact) mass is 302 g/mol. The zero-order chi connectivity index (χ0) is 15.5. The van der Waals surface area contributed by atoms with E-state index in [1.807, 2.05) is 12.3 Å². The largest absolute Gasteiger partial charge is 0.352 e. The van der Waals surface area contributed by atoms with E-state index in [0.717, 1.165) is 16.3 Å². The van der Waals surface area contributed by atoms with Gasteiger partial charge in [0.05, 0.1) is 6.42 Å². The highest BCUT2D eigenvalue weighted by molar-refractivity contribution is 7.09. The van der Waals surface area contributed by atoms with Crippen LogP contribution in [-0.4, -0.2) is 10.9 Å². The van der Waals surface area contributed by atoms with Crippen LogP contribution in [0.1, 0.15) is 42.6 Å². The number of carbonyl (C=O) groups excluding carboxylic acids is 1. The number of carbonyl (C=O) groups is 1. The molecule has 0 atom stereocenters. The zero-order valence-electron chi connectivity index (χ0n) is 13.1. The standard InChI is InChI=1S/C17H22N2OS/c1-12-11-21-16(19-12)9-15(20)18-10-13-5-7-14(8-6-13)17(2,3)4/h5-8,11H,9-10H2,1-4H3,(H,18,20). The zero-order valence-corrected chi connectivity index (χ0v) is 13.9. The number of rotatable bonds is 4. The average Bonchev–Trinajstić information content (AvgIpc) is 2.81. The van der Waals surface area contributed by atoms with Gasteiger partial charge in [0.15, 0.2) is 0 Å². The fourth-order valence-corrected chi connectivity index (χ4v) is 2.78. The van der Waals surface area contributed by atoms with Gasteiger partial charge in [-0.2, -0.15) is 0 Å². The maximum Gasteiger partial charge on any atom is 0.227 e. The normalized spacial score (nSPS) is 11.4. The molecule has 1 amide bonds. The molecular weight excluding hydrogens is 280 g/mol. The fraction of sp³-hybridized carbons (Fsp3) is 0.412.